The molecule has 1 atom stereocenters. The van der Waals surface area contributed by atoms with Gasteiger partial charge in [0.05, 0.1) is 30.9 Å². The lowest BCUT2D eigenvalue weighted by Gasteiger charge is -2.20. The summed E-state index contributed by atoms with van der Waals surface area (Å²) in [4.78, 5) is 38.4. The first kappa shape index (κ1) is 20.7. The highest BCUT2D eigenvalue weighted by Gasteiger charge is 2.36. The SMILES string of the molecule is CCOC(=O)c1ccc(NC(=O)[C@@H]2CC(=O)N(c3cc(Cl)ccc3OC)C2)cc1. The van der Waals surface area contributed by atoms with Crippen LogP contribution in [0.15, 0.2) is 42.5 Å². The molecule has 0 bridgehead atoms. The second-order valence-electron chi connectivity index (χ2n) is 6.51. The minimum absolute atomic E-state index is 0.0857. The molecule has 0 unspecified atom stereocenters. The Labute approximate surface area is 173 Å². The van der Waals surface area contributed by atoms with E-state index in [1.165, 1.54) is 12.0 Å². The van der Waals surface area contributed by atoms with Crippen LogP contribution in [0.5, 0.6) is 5.75 Å². The fourth-order valence-electron chi connectivity index (χ4n) is 3.14. The molecule has 0 aromatic heterocycles. The number of ether oxygens (including phenoxy) is 2. The van der Waals surface area contributed by atoms with Gasteiger partial charge in [0.1, 0.15) is 5.75 Å². The highest BCUT2D eigenvalue weighted by molar-refractivity contribution is 6.31. The van der Waals surface area contributed by atoms with E-state index in [0.29, 0.717) is 34.3 Å². The van der Waals surface area contributed by atoms with Crippen molar-refractivity contribution in [2.24, 2.45) is 5.92 Å². The number of nitrogens with zero attached hydrogens (tertiary/aromatic N) is 1. The fraction of sp³-hybridized carbons (Fsp3) is 0.286. The van der Waals surface area contributed by atoms with Crippen LogP contribution in [0.4, 0.5) is 11.4 Å². The topological polar surface area (TPSA) is 84.9 Å². The number of amides is 2. The first-order valence-electron chi connectivity index (χ1n) is 9.15. The molecule has 1 saturated heterocycles. The van der Waals surface area contributed by atoms with E-state index in [1.54, 1.807) is 49.4 Å². The van der Waals surface area contributed by atoms with Crippen molar-refractivity contribution in [3.63, 3.8) is 0 Å². The highest BCUT2D eigenvalue weighted by atomic mass is 35.5. The summed E-state index contributed by atoms with van der Waals surface area (Å²) in [6.07, 6.45) is 0.0857. The van der Waals surface area contributed by atoms with E-state index in [4.69, 9.17) is 21.1 Å². The van der Waals surface area contributed by atoms with Gasteiger partial charge in [0.15, 0.2) is 0 Å². The molecule has 0 radical (unpaired) electrons. The average Bonchev–Trinajstić information content (AvgIpc) is 3.10. The third-order valence-electron chi connectivity index (χ3n) is 4.59. The van der Waals surface area contributed by atoms with Gasteiger partial charge in [-0.1, -0.05) is 11.6 Å². The second kappa shape index (κ2) is 8.96. The number of hydrogen-bond acceptors (Lipinski definition) is 5. The van der Waals surface area contributed by atoms with E-state index in [-0.39, 0.29) is 24.8 Å². The molecule has 1 aliphatic heterocycles. The van der Waals surface area contributed by atoms with Crippen LogP contribution in [0.25, 0.3) is 0 Å². The van der Waals surface area contributed by atoms with Crippen LogP contribution in [-0.2, 0) is 14.3 Å². The van der Waals surface area contributed by atoms with Gasteiger partial charge in [0.2, 0.25) is 11.8 Å². The minimum Gasteiger partial charge on any atom is -0.495 e. The Bertz CT molecular complexity index is 929. The number of benzene rings is 2. The van der Waals surface area contributed by atoms with Gasteiger partial charge < -0.3 is 19.7 Å². The molecule has 7 nitrogen and oxygen atoms in total. The number of carbonyl (C=O) groups excluding carboxylic acids is 3. The highest BCUT2D eigenvalue weighted by Crippen LogP contribution is 2.35. The van der Waals surface area contributed by atoms with Gasteiger partial charge in [-0.2, -0.15) is 0 Å². The summed E-state index contributed by atoms with van der Waals surface area (Å²) in [6, 6.07) is 11.4. The monoisotopic (exact) mass is 416 g/mol. The number of rotatable bonds is 6. The summed E-state index contributed by atoms with van der Waals surface area (Å²) in [5, 5.41) is 3.26. The summed E-state index contributed by atoms with van der Waals surface area (Å²) in [5.41, 5.74) is 1.48. The Balaban J connectivity index is 1.68. The first-order chi connectivity index (χ1) is 13.9. The third-order valence-corrected chi connectivity index (χ3v) is 4.83. The van der Waals surface area contributed by atoms with Gasteiger partial charge in [-0.3, -0.25) is 9.59 Å². The van der Waals surface area contributed by atoms with Crippen molar-refractivity contribution in [2.45, 2.75) is 13.3 Å². The number of carbonyl (C=O) groups is 3. The molecule has 1 N–H and O–H groups in total. The Morgan fingerprint density at radius 1 is 1.21 bits per heavy atom. The molecule has 0 spiro atoms. The second-order valence-corrected chi connectivity index (χ2v) is 6.95. The maximum Gasteiger partial charge on any atom is 0.338 e. The van der Waals surface area contributed by atoms with E-state index < -0.39 is 11.9 Å². The van der Waals surface area contributed by atoms with Gasteiger partial charge in [-0.15, -0.1) is 0 Å². The molecule has 0 saturated carbocycles. The van der Waals surface area contributed by atoms with Gasteiger partial charge >= 0.3 is 5.97 Å². The lowest BCUT2D eigenvalue weighted by Crippen LogP contribution is -2.28. The number of esters is 1. The zero-order valence-corrected chi connectivity index (χ0v) is 16.9. The minimum atomic E-state index is -0.518. The van der Waals surface area contributed by atoms with Crippen LogP contribution in [-0.4, -0.2) is 38.0 Å². The van der Waals surface area contributed by atoms with Crippen LogP contribution in [0, 0.1) is 5.92 Å². The molecular formula is C21H21ClN2O5. The van der Waals surface area contributed by atoms with Gasteiger partial charge in [-0.05, 0) is 49.4 Å². The van der Waals surface area contributed by atoms with Crippen molar-refractivity contribution < 1.29 is 23.9 Å². The molecule has 2 aromatic carbocycles. The van der Waals surface area contributed by atoms with Crippen molar-refractivity contribution in [1.29, 1.82) is 0 Å². The van der Waals surface area contributed by atoms with Crippen LogP contribution in [0.3, 0.4) is 0 Å². The smallest absolute Gasteiger partial charge is 0.338 e. The van der Waals surface area contributed by atoms with Crippen molar-refractivity contribution >= 4 is 40.8 Å². The molecule has 2 aromatic rings. The molecular weight excluding hydrogens is 396 g/mol. The lowest BCUT2D eigenvalue weighted by atomic mass is 10.1. The van der Waals surface area contributed by atoms with Crippen LogP contribution < -0.4 is 15.0 Å². The number of halogens is 1. The molecule has 8 heteroatoms. The third kappa shape index (κ3) is 4.68. The predicted octanol–water partition coefficient (Wildman–Crippen LogP) is 3.52. The molecule has 3 rings (SSSR count). The predicted molar refractivity (Wildman–Crippen MR) is 109 cm³/mol. The van der Waals surface area contributed by atoms with Crippen LogP contribution >= 0.6 is 11.6 Å². The van der Waals surface area contributed by atoms with Gasteiger partial charge in [0, 0.05) is 23.7 Å². The fourth-order valence-corrected chi connectivity index (χ4v) is 3.30. The van der Waals surface area contributed by atoms with E-state index in [2.05, 4.69) is 5.32 Å². The quantitative estimate of drug-likeness (QED) is 0.728. The van der Waals surface area contributed by atoms with E-state index in [0.717, 1.165) is 0 Å². The maximum absolute atomic E-state index is 12.6. The largest absolute Gasteiger partial charge is 0.495 e. The zero-order chi connectivity index (χ0) is 21.0. The molecule has 1 heterocycles. The standard InChI is InChI=1S/C21H21ClN2O5/c1-3-29-21(27)13-4-7-16(8-5-13)23-20(26)14-10-19(25)24(12-14)17-11-15(22)6-9-18(17)28-2/h4-9,11,14H,3,10,12H2,1-2H3,(H,23,26)/t14-/m1/s1. The molecule has 29 heavy (non-hydrogen) atoms. The zero-order valence-electron chi connectivity index (χ0n) is 16.1. The van der Waals surface area contributed by atoms with Gasteiger partial charge in [0.25, 0.3) is 0 Å². The summed E-state index contributed by atoms with van der Waals surface area (Å²) in [7, 11) is 1.51. The van der Waals surface area contributed by atoms with E-state index in [1.807, 2.05) is 0 Å². The normalized spacial score (nSPS) is 15.9. The first-order valence-corrected chi connectivity index (χ1v) is 9.52. The van der Waals surface area contributed by atoms with E-state index >= 15 is 0 Å². The molecule has 152 valence electrons. The number of nitrogens with one attached hydrogen (secondary N) is 1. The van der Waals surface area contributed by atoms with Crippen molar-refractivity contribution in [2.75, 3.05) is 30.5 Å². The average molecular weight is 417 g/mol. The summed E-state index contributed by atoms with van der Waals surface area (Å²) < 4.78 is 10.2. The number of hydrogen-bond donors (Lipinski definition) is 1. The molecule has 0 aliphatic carbocycles. The van der Waals surface area contributed by atoms with Crippen LogP contribution in [0.2, 0.25) is 5.02 Å². The van der Waals surface area contributed by atoms with Crippen molar-refractivity contribution in [3.8, 4) is 5.75 Å². The van der Waals surface area contributed by atoms with Crippen molar-refractivity contribution in [3.05, 3.63) is 53.1 Å². The van der Waals surface area contributed by atoms with E-state index in [9.17, 15) is 14.4 Å². The van der Waals surface area contributed by atoms with Crippen molar-refractivity contribution in [1.82, 2.24) is 0 Å². The maximum atomic E-state index is 12.6. The number of anilines is 2. The summed E-state index contributed by atoms with van der Waals surface area (Å²) >= 11 is 6.06. The Morgan fingerprint density at radius 3 is 2.59 bits per heavy atom. The Kier molecular flexibility index (Phi) is 6.39. The summed E-state index contributed by atoms with van der Waals surface area (Å²) in [5.74, 6) is -0.874. The van der Waals surface area contributed by atoms with Crippen LogP contribution in [0.1, 0.15) is 23.7 Å². The lowest BCUT2D eigenvalue weighted by molar-refractivity contribution is -0.122. The molecule has 1 aliphatic rings. The Hall–Kier alpha value is -3.06. The number of methoxy groups -OCH3 is 1. The summed E-state index contributed by atoms with van der Waals surface area (Å²) in [6.45, 7) is 2.25. The molecule has 2 amide bonds. The Morgan fingerprint density at radius 2 is 1.93 bits per heavy atom. The molecule has 1 fully saturated rings. The van der Waals surface area contributed by atoms with Gasteiger partial charge in [-0.25, -0.2) is 4.79 Å².